The Balaban J connectivity index is 2.32. The quantitative estimate of drug-likeness (QED) is 0.0520. The van der Waals surface area contributed by atoms with Gasteiger partial charge in [-0.15, -0.1) is 0 Å². The molecule has 0 aliphatic carbocycles. The van der Waals surface area contributed by atoms with Gasteiger partial charge in [-0.25, -0.2) is 0 Å². The molecule has 0 aromatic carbocycles. The molecule has 0 atom stereocenters. The van der Waals surface area contributed by atoms with Gasteiger partial charge >= 0.3 is 35.8 Å². The Labute approximate surface area is 241 Å². The number of alkyl halides is 9. The molecule has 1 aliphatic rings. The Bertz CT molecular complexity index is 838. The minimum atomic E-state index is -7.02. The molecule has 0 radical (unpaired) electrons. The molecule has 0 saturated carbocycles. The smallest absolute Gasteiger partial charge is 0.280 e. The van der Waals surface area contributed by atoms with Crippen LogP contribution in [-0.4, -0.2) is 63.8 Å². The maximum Gasteiger partial charge on any atom is 0.460 e. The van der Waals surface area contributed by atoms with E-state index in [1.807, 2.05) is 0 Å². The molecule has 1 fully saturated rings. The van der Waals surface area contributed by atoms with E-state index in [1.54, 1.807) is 0 Å². The first-order valence-corrected chi connectivity index (χ1v) is 14.8. The highest BCUT2D eigenvalue weighted by Gasteiger charge is 2.81. The third kappa shape index (κ3) is 10.6. The fraction of sp³-hybridized carbons (Fsp3) is 0.889. The van der Waals surface area contributed by atoms with Gasteiger partial charge in [0.25, 0.3) is 0 Å². The second kappa shape index (κ2) is 16.9. The Morgan fingerprint density at radius 1 is 0.537 bits per heavy atom. The van der Waals surface area contributed by atoms with Crippen LogP contribution in [-0.2, 0) is 9.59 Å². The summed E-state index contributed by atoms with van der Waals surface area (Å²) in [5.74, 6) is -22.3. The summed E-state index contributed by atoms with van der Waals surface area (Å²) in [7, 11) is 0. The van der Waals surface area contributed by atoms with E-state index in [0.29, 0.717) is 12.8 Å². The third-order valence-electron chi connectivity index (χ3n) is 7.23. The van der Waals surface area contributed by atoms with Crippen LogP contribution in [0.2, 0.25) is 0 Å². The fourth-order valence-corrected chi connectivity index (χ4v) is 4.93. The van der Waals surface area contributed by atoms with Crippen LogP contribution in [0.15, 0.2) is 0 Å². The van der Waals surface area contributed by atoms with Gasteiger partial charge in [0.15, 0.2) is 5.11 Å². The van der Waals surface area contributed by atoms with Crippen LogP contribution < -0.4 is 0 Å². The van der Waals surface area contributed by atoms with Gasteiger partial charge in [0.1, 0.15) is 0 Å². The zero-order valence-corrected chi connectivity index (χ0v) is 24.3. The molecular weight excluding hydrogens is 587 g/mol. The van der Waals surface area contributed by atoms with E-state index in [4.69, 9.17) is 12.2 Å². The van der Waals surface area contributed by atoms with E-state index >= 15 is 0 Å². The van der Waals surface area contributed by atoms with Crippen molar-refractivity contribution in [1.29, 1.82) is 0 Å². The van der Waals surface area contributed by atoms with E-state index in [-0.39, 0.29) is 11.4 Å². The molecule has 0 spiro atoms. The molecule has 0 aromatic heterocycles. The van der Waals surface area contributed by atoms with Crippen molar-refractivity contribution in [3.05, 3.63) is 0 Å². The average Bonchev–Trinajstić information content (AvgIpc) is 3.08. The maximum atomic E-state index is 13.8. The molecule has 1 rings (SSSR count). The summed E-state index contributed by atoms with van der Waals surface area (Å²) in [5, 5.41) is -0.581. The zero-order valence-electron chi connectivity index (χ0n) is 23.5. The van der Waals surface area contributed by atoms with Gasteiger partial charge in [0.05, 0.1) is 0 Å². The molecule has 2 amide bonds. The van der Waals surface area contributed by atoms with Gasteiger partial charge in [-0.05, 0) is 18.6 Å². The van der Waals surface area contributed by atoms with Gasteiger partial charge in [-0.3, -0.25) is 19.4 Å². The predicted octanol–water partition coefficient (Wildman–Crippen LogP) is 9.06. The molecule has 14 heteroatoms. The highest BCUT2D eigenvalue weighted by molar-refractivity contribution is 7.80. The van der Waals surface area contributed by atoms with Crippen molar-refractivity contribution in [3.63, 3.8) is 0 Å². The molecule has 0 bridgehead atoms. The summed E-state index contributed by atoms with van der Waals surface area (Å²) in [6.07, 6.45) is 8.57. The molecule has 0 N–H and O–H groups in total. The van der Waals surface area contributed by atoms with Crippen molar-refractivity contribution < 1.29 is 49.1 Å². The van der Waals surface area contributed by atoms with Crippen molar-refractivity contribution in [2.45, 2.75) is 140 Å². The molecule has 1 saturated heterocycles. The van der Waals surface area contributed by atoms with Crippen molar-refractivity contribution >= 4 is 29.1 Å². The lowest BCUT2D eigenvalue weighted by Crippen LogP contribution is -2.61. The molecule has 1 heterocycles. The number of hydrogen-bond donors (Lipinski definition) is 0. The minimum Gasteiger partial charge on any atom is -0.280 e. The van der Waals surface area contributed by atoms with Crippen LogP contribution >= 0.6 is 12.2 Å². The van der Waals surface area contributed by atoms with Crippen LogP contribution in [0.4, 0.5) is 39.5 Å². The Morgan fingerprint density at radius 3 is 1.24 bits per heavy atom. The van der Waals surface area contributed by atoms with E-state index in [2.05, 4.69) is 6.92 Å². The predicted molar refractivity (Wildman–Crippen MR) is 141 cm³/mol. The Hall–Kier alpha value is -1.60. The molecule has 41 heavy (non-hydrogen) atoms. The lowest BCUT2D eigenvalue weighted by molar-refractivity contribution is -0.396. The number of carbonyl (C=O) groups is 2. The average molecular weight is 629 g/mol. The van der Waals surface area contributed by atoms with Crippen LogP contribution in [0, 0.1) is 0 Å². The van der Waals surface area contributed by atoms with Gasteiger partial charge < -0.3 is 0 Å². The van der Waals surface area contributed by atoms with E-state index < -0.39 is 53.8 Å². The standard InChI is InChI=1S/C27H41F9N2O2S/c1-2-3-4-5-6-7-8-9-10-11-12-13-14-15-16-17-19-37-21(39)22(40)38(23(37)41)20-18-24(28,29)25(30,31)26(32,33)27(34,35)36/h2-20H2,1H3. The van der Waals surface area contributed by atoms with Crippen LogP contribution in [0.5, 0.6) is 0 Å². The van der Waals surface area contributed by atoms with E-state index in [9.17, 15) is 49.1 Å². The molecule has 0 aromatic rings. The summed E-state index contributed by atoms with van der Waals surface area (Å²) < 4.78 is 118. The SMILES string of the molecule is CCCCCCCCCCCCCCCCCCN1C(=O)C(=O)N(CCC(F)(F)C(F)(F)C(F)(F)C(F)(F)F)C1=S. The summed E-state index contributed by atoms with van der Waals surface area (Å²) in [6, 6.07) is 0. The number of rotatable bonds is 22. The minimum absolute atomic E-state index is 0.0446. The maximum absolute atomic E-state index is 13.8. The topological polar surface area (TPSA) is 40.6 Å². The van der Waals surface area contributed by atoms with Gasteiger partial charge in [0, 0.05) is 19.5 Å². The summed E-state index contributed by atoms with van der Waals surface area (Å²) >= 11 is 4.89. The number of hydrogen-bond acceptors (Lipinski definition) is 3. The summed E-state index contributed by atoms with van der Waals surface area (Å²) in [4.78, 5) is 25.3. The Kier molecular flexibility index (Phi) is 15.4. The van der Waals surface area contributed by atoms with Crippen LogP contribution in [0.3, 0.4) is 0 Å². The lowest BCUT2D eigenvalue weighted by atomic mass is 10.0. The number of thiocarbonyl (C=S) groups is 1. The fourth-order valence-electron chi connectivity index (χ4n) is 4.58. The van der Waals surface area contributed by atoms with E-state index in [0.717, 1.165) is 30.6 Å². The van der Waals surface area contributed by atoms with Gasteiger partial charge in [0.2, 0.25) is 0 Å². The van der Waals surface area contributed by atoms with Crippen molar-refractivity contribution in [2.24, 2.45) is 0 Å². The molecular formula is C27H41F9N2O2S. The second-order valence-electron chi connectivity index (χ2n) is 10.6. The third-order valence-corrected chi connectivity index (χ3v) is 7.67. The molecule has 4 nitrogen and oxygen atoms in total. The lowest BCUT2D eigenvalue weighted by Gasteiger charge is -2.34. The first kappa shape index (κ1) is 37.4. The van der Waals surface area contributed by atoms with Gasteiger partial charge in [-0.1, -0.05) is 103 Å². The highest BCUT2D eigenvalue weighted by Crippen LogP contribution is 2.54. The van der Waals surface area contributed by atoms with Crippen molar-refractivity contribution in [2.75, 3.05) is 13.1 Å². The Morgan fingerprint density at radius 2 is 0.878 bits per heavy atom. The van der Waals surface area contributed by atoms with E-state index in [1.165, 1.54) is 64.2 Å². The van der Waals surface area contributed by atoms with Crippen LogP contribution in [0.1, 0.15) is 116 Å². The monoisotopic (exact) mass is 628 g/mol. The summed E-state index contributed by atoms with van der Waals surface area (Å²) in [5.41, 5.74) is 0. The number of carbonyl (C=O) groups excluding carboxylic acids is 2. The largest absolute Gasteiger partial charge is 0.460 e. The molecule has 240 valence electrons. The molecule has 1 aliphatic heterocycles. The molecule has 0 unspecified atom stereocenters. The second-order valence-corrected chi connectivity index (χ2v) is 11.0. The van der Waals surface area contributed by atoms with Crippen molar-refractivity contribution in [3.8, 4) is 0 Å². The highest BCUT2D eigenvalue weighted by atomic mass is 32.1. The number of nitrogens with zero attached hydrogens (tertiary/aromatic N) is 2. The van der Waals surface area contributed by atoms with Gasteiger partial charge in [-0.2, -0.15) is 39.5 Å². The first-order valence-electron chi connectivity index (χ1n) is 14.4. The normalized spacial score (nSPS) is 15.5. The zero-order chi connectivity index (χ0) is 31.3. The first-order chi connectivity index (χ1) is 19.0. The number of halogens is 9. The number of unbranched alkanes of at least 4 members (excludes halogenated alkanes) is 15. The van der Waals surface area contributed by atoms with Crippen LogP contribution in [0.25, 0.3) is 0 Å². The van der Waals surface area contributed by atoms with Crippen molar-refractivity contribution in [1.82, 2.24) is 9.80 Å². The summed E-state index contributed by atoms with van der Waals surface area (Å²) in [6.45, 7) is 0.723. The number of amides is 2.